The number of benzene rings is 2. The third-order valence-corrected chi connectivity index (χ3v) is 6.27. The molecule has 0 aliphatic rings. The molecule has 170 valence electrons. The molecule has 0 saturated heterocycles. The van der Waals surface area contributed by atoms with Crippen molar-refractivity contribution in [2.75, 3.05) is 19.1 Å². The van der Waals surface area contributed by atoms with E-state index in [-0.39, 0.29) is 5.56 Å². The van der Waals surface area contributed by atoms with E-state index in [1.165, 1.54) is 24.8 Å². The van der Waals surface area contributed by atoms with Gasteiger partial charge in [-0.2, -0.15) is 0 Å². The van der Waals surface area contributed by atoms with Gasteiger partial charge in [-0.15, -0.1) is 11.3 Å². The fourth-order valence-electron chi connectivity index (χ4n) is 3.56. The molecular weight excluding hydrogens is 438 g/mol. The predicted molar refractivity (Wildman–Crippen MR) is 131 cm³/mol. The Labute approximate surface area is 195 Å². The number of nitrogens with one attached hydrogen (secondary N) is 1. The van der Waals surface area contributed by atoms with E-state index in [0.29, 0.717) is 33.9 Å². The molecule has 2 heterocycles. The van der Waals surface area contributed by atoms with E-state index in [4.69, 9.17) is 9.47 Å². The monoisotopic (exact) mass is 463 g/mol. The second-order valence-electron chi connectivity index (χ2n) is 7.51. The van der Waals surface area contributed by atoms with Gasteiger partial charge in [-0.3, -0.25) is 15.0 Å². The summed E-state index contributed by atoms with van der Waals surface area (Å²) in [4.78, 5) is 32.2. The number of fused-ring (bicyclic) bond motifs is 1. The molecule has 2 aromatic heterocycles. The molecule has 0 aliphatic heterocycles. The van der Waals surface area contributed by atoms with Gasteiger partial charge in [0, 0.05) is 16.0 Å². The summed E-state index contributed by atoms with van der Waals surface area (Å²) in [6.07, 6.45) is 3.29. The van der Waals surface area contributed by atoms with Crippen LogP contribution in [0.4, 0.5) is 0 Å². The smallest absolute Gasteiger partial charge is 0.281 e. The highest BCUT2D eigenvalue weighted by Crippen LogP contribution is 2.35. The topological polar surface area (TPSA) is 82.5 Å². The summed E-state index contributed by atoms with van der Waals surface area (Å²) in [6, 6.07) is 14.6. The summed E-state index contributed by atoms with van der Waals surface area (Å²) in [6.45, 7) is 4.62. The lowest BCUT2D eigenvalue weighted by Gasteiger charge is -2.13. The zero-order valence-corrected chi connectivity index (χ0v) is 19.6. The van der Waals surface area contributed by atoms with Crippen LogP contribution in [0.25, 0.3) is 21.3 Å². The highest BCUT2D eigenvalue weighted by Gasteiger charge is 2.18. The van der Waals surface area contributed by atoms with Crippen LogP contribution in [0.15, 0.2) is 59.7 Å². The van der Waals surface area contributed by atoms with Crippen molar-refractivity contribution in [3.05, 3.63) is 75.7 Å². The van der Waals surface area contributed by atoms with E-state index in [0.717, 1.165) is 33.5 Å². The fourth-order valence-corrected chi connectivity index (χ4v) is 4.57. The molecular formula is C25H25N3O4S. The van der Waals surface area contributed by atoms with Crippen LogP contribution in [-0.4, -0.2) is 29.3 Å². The first-order chi connectivity index (χ1) is 16.0. The number of ether oxygens (including phenoxy) is 2. The average molecular weight is 464 g/mol. The Kier molecular flexibility index (Phi) is 6.74. The van der Waals surface area contributed by atoms with Crippen LogP contribution in [-0.2, 0) is 0 Å². The van der Waals surface area contributed by atoms with Crippen molar-refractivity contribution in [1.29, 1.82) is 0 Å². The third-order valence-electron chi connectivity index (χ3n) is 5.25. The van der Waals surface area contributed by atoms with Crippen molar-refractivity contribution in [2.45, 2.75) is 26.7 Å². The molecule has 0 aliphatic carbocycles. The summed E-state index contributed by atoms with van der Waals surface area (Å²) in [7, 11) is 1.52. The highest BCUT2D eigenvalue weighted by atomic mass is 32.1. The molecule has 0 saturated carbocycles. The van der Waals surface area contributed by atoms with Crippen LogP contribution >= 0.6 is 11.3 Å². The number of amides is 1. The maximum absolute atomic E-state index is 13.3. The number of carbonyl (C=O) groups excluding carboxylic acids is 1. The quantitative estimate of drug-likeness (QED) is 0.372. The Morgan fingerprint density at radius 3 is 2.67 bits per heavy atom. The average Bonchev–Trinajstić information content (AvgIpc) is 3.18. The zero-order chi connectivity index (χ0) is 23.4. The summed E-state index contributed by atoms with van der Waals surface area (Å²) in [5.74, 6) is 0.577. The van der Waals surface area contributed by atoms with Crippen molar-refractivity contribution >= 4 is 27.5 Å². The number of aryl methyl sites for hydroxylation is 1. The number of hydrogen-bond donors (Lipinski definition) is 1. The Morgan fingerprint density at radius 2 is 1.94 bits per heavy atom. The van der Waals surface area contributed by atoms with Gasteiger partial charge in [0.1, 0.15) is 11.2 Å². The van der Waals surface area contributed by atoms with E-state index in [2.05, 4.69) is 17.3 Å². The SMILES string of the molecule is CCCCOc1ccc(C(=O)Nn2cnc3sc(C)c(-c4ccccc4)c3c2=O)cc1OC. The normalized spacial score (nSPS) is 10.9. The molecule has 0 bridgehead atoms. The van der Waals surface area contributed by atoms with Crippen LogP contribution in [0.2, 0.25) is 0 Å². The van der Waals surface area contributed by atoms with Gasteiger partial charge in [-0.05, 0) is 37.1 Å². The number of methoxy groups -OCH3 is 1. The van der Waals surface area contributed by atoms with E-state index >= 15 is 0 Å². The van der Waals surface area contributed by atoms with Gasteiger partial charge in [-0.1, -0.05) is 43.7 Å². The lowest BCUT2D eigenvalue weighted by atomic mass is 10.0. The zero-order valence-electron chi connectivity index (χ0n) is 18.8. The molecule has 1 N–H and O–H groups in total. The molecule has 8 heteroatoms. The standard InChI is InChI=1S/C25H25N3O4S/c1-4-5-13-32-19-12-11-18(14-20(19)31-3)23(29)27-28-15-26-24-22(25(28)30)21(16(2)33-24)17-9-7-6-8-10-17/h6-12,14-15H,4-5,13H2,1-3H3,(H,27,29). The third kappa shape index (κ3) is 4.61. The lowest BCUT2D eigenvalue weighted by Crippen LogP contribution is -2.33. The van der Waals surface area contributed by atoms with Crippen molar-refractivity contribution < 1.29 is 14.3 Å². The molecule has 0 unspecified atom stereocenters. The van der Waals surface area contributed by atoms with E-state index in [1.54, 1.807) is 18.2 Å². The Bertz CT molecular complexity index is 1350. The minimum atomic E-state index is -0.454. The number of unbranched alkanes of at least 4 members (excludes halogenated alkanes) is 1. The maximum atomic E-state index is 13.3. The largest absolute Gasteiger partial charge is 0.493 e. The van der Waals surface area contributed by atoms with Crippen LogP contribution in [0.1, 0.15) is 35.0 Å². The minimum Gasteiger partial charge on any atom is -0.493 e. The molecule has 0 atom stereocenters. The molecule has 0 radical (unpaired) electrons. The Morgan fingerprint density at radius 1 is 1.15 bits per heavy atom. The molecule has 1 amide bonds. The molecule has 2 aromatic carbocycles. The second-order valence-corrected chi connectivity index (χ2v) is 8.71. The van der Waals surface area contributed by atoms with Crippen molar-refractivity contribution in [1.82, 2.24) is 9.66 Å². The second kappa shape index (κ2) is 9.87. The van der Waals surface area contributed by atoms with Gasteiger partial charge in [0.05, 0.1) is 19.1 Å². The van der Waals surface area contributed by atoms with Gasteiger partial charge in [0.25, 0.3) is 11.5 Å². The summed E-state index contributed by atoms with van der Waals surface area (Å²) in [5, 5.41) is 0.490. The predicted octanol–water partition coefficient (Wildman–Crippen LogP) is 5.00. The maximum Gasteiger partial charge on any atom is 0.281 e. The molecule has 0 spiro atoms. The molecule has 4 rings (SSSR count). The first-order valence-electron chi connectivity index (χ1n) is 10.7. The van der Waals surface area contributed by atoms with Crippen LogP contribution in [0.5, 0.6) is 11.5 Å². The van der Waals surface area contributed by atoms with E-state index < -0.39 is 5.91 Å². The van der Waals surface area contributed by atoms with Crippen LogP contribution < -0.4 is 20.5 Å². The van der Waals surface area contributed by atoms with Crippen molar-refractivity contribution in [3.8, 4) is 22.6 Å². The number of carbonyl (C=O) groups is 1. The van der Waals surface area contributed by atoms with Gasteiger partial charge in [-0.25, -0.2) is 9.66 Å². The van der Waals surface area contributed by atoms with Gasteiger partial charge in [0.2, 0.25) is 0 Å². The first kappa shape index (κ1) is 22.5. The number of rotatable bonds is 8. The Balaban J connectivity index is 1.65. The first-order valence-corrected chi connectivity index (χ1v) is 11.5. The lowest BCUT2D eigenvalue weighted by molar-refractivity contribution is 0.101. The molecule has 4 aromatic rings. The minimum absolute atomic E-state index is 0.331. The number of aromatic nitrogens is 2. The van der Waals surface area contributed by atoms with Crippen molar-refractivity contribution in [2.24, 2.45) is 0 Å². The number of hydrogen-bond acceptors (Lipinski definition) is 6. The summed E-state index contributed by atoms with van der Waals surface area (Å²) < 4.78 is 12.2. The van der Waals surface area contributed by atoms with E-state index in [1.807, 2.05) is 37.3 Å². The number of nitrogens with zero attached hydrogens (tertiary/aromatic N) is 2. The fraction of sp³-hybridized carbons (Fsp3) is 0.240. The molecule has 0 fully saturated rings. The summed E-state index contributed by atoms with van der Waals surface area (Å²) >= 11 is 1.46. The van der Waals surface area contributed by atoms with E-state index in [9.17, 15) is 9.59 Å². The number of thiophene rings is 1. The van der Waals surface area contributed by atoms with Gasteiger partial charge in [0.15, 0.2) is 11.5 Å². The van der Waals surface area contributed by atoms with Gasteiger partial charge >= 0.3 is 0 Å². The Hall–Kier alpha value is -3.65. The van der Waals surface area contributed by atoms with Gasteiger partial charge < -0.3 is 9.47 Å². The highest BCUT2D eigenvalue weighted by molar-refractivity contribution is 7.19. The molecule has 33 heavy (non-hydrogen) atoms. The van der Waals surface area contributed by atoms with Crippen LogP contribution in [0.3, 0.4) is 0 Å². The van der Waals surface area contributed by atoms with Crippen molar-refractivity contribution in [3.63, 3.8) is 0 Å². The summed E-state index contributed by atoms with van der Waals surface area (Å²) in [5.41, 5.74) is 4.43. The van der Waals surface area contributed by atoms with Crippen LogP contribution in [0, 0.1) is 6.92 Å². The molecule has 7 nitrogen and oxygen atoms in total.